The van der Waals surface area contributed by atoms with Gasteiger partial charge in [0.15, 0.2) is 17.3 Å². The first-order chi connectivity index (χ1) is 14.8. The quantitative estimate of drug-likeness (QED) is 0.557. The molecule has 0 unspecified atom stereocenters. The zero-order valence-electron chi connectivity index (χ0n) is 17.1. The van der Waals surface area contributed by atoms with Crippen LogP contribution in [0.4, 0.5) is 0 Å². The Kier molecular flexibility index (Phi) is 4.83. The molecule has 0 N–H and O–H groups in total. The van der Waals surface area contributed by atoms with Crippen LogP contribution in [0.1, 0.15) is 49.4 Å². The van der Waals surface area contributed by atoms with Gasteiger partial charge in [0.25, 0.3) is 0 Å². The molecule has 2 aliphatic rings. The Bertz CT molecular complexity index is 1040. The molecule has 0 aliphatic carbocycles. The minimum atomic E-state index is -0.445. The smallest absolute Gasteiger partial charge is 0.246 e. The number of benzene rings is 2. The molecule has 154 valence electrons. The van der Waals surface area contributed by atoms with E-state index in [4.69, 9.17) is 23.7 Å². The third-order valence-corrected chi connectivity index (χ3v) is 5.37. The molecule has 0 saturated carbocycles. The minimum absolute atomic E-state index is 0.0471. The maximum atomic E-state index is 6.39. The summed E-state index contributed by atoms with van der Waals surface area (Å²) in [6, 6.07) is 18.0. The van der Waals surface area contributed by atoms with Crippen LogP contribution in [0.2, 0.25) is 0 Å². The number of para-hydroxylation sites is 1. The number of ether oxygens (including phenoxy) is 3. The zero-order valence-corrected chi connectivity index (χ0v) is 17.1. The van der Waals surface area contributed by atoms with Gasteiger partial charge in [0.1, 0.15) is 5.75 Å². The zero-order chi connectivity index (χ0) is 20.5. The van der Waals surface area contributed by atoms with Crippen LogP contribution in [0.15, 0.2) is 70.4 Å². The summed E-state index contributed by atoms with van der Waals surface area (Å²) < 4.78 is 23.5. The number of rotatable bonds is 6. The molecule has 2 aliphatic heterocycles. The third-order valence-electron chi connectivity index (χ3n) is 5.37. The molecule has 1 aromatic heterocycles. The summed E-state index contributed by atoms with van der Waals surface area (Å²) in [5.74, 6) is 3.10. The van der Waals surface area contributed by atoms with Crippen LogP contribution in [-0.4, -0.2) is 23.9 Å². The molecule has 0 spiro atoms. The van der Waals surface area contributed by atoms with Crippen LogP contribution in [0.3, 0.4) is 0 Å². The van der Waals surface area contributed by atoms with Gasteiger partial charge in [-0.25, -0.2) is 5.01 Å². The van der Waals surface area contributed by atoms with Crippen molar-refractivity contribution in [2.45, 2.75) is 32.5 Å². The normalized spacial score (nSPS) is 19.5. The van der Waals surface area contributed by atoms with E-state index >= 15 is 0 Å². The van der Waals surface area contributed by atoms with Crippen molar-refractivity contribution in [2.75, 3.05) is 13.2 Å². The summed E-state index contributed by atoms with van der Waals surface area (Å²) in [6.45, 7) is 5.18. The molecular weight excluding hydrogens is 380 g/mol. The standard InChI is InChI=1S/C24H24N2O4/c1-3-27-17-12-10-16(11-13-17)19-15-20-18-7-5-8-21(28-4-2)23(18)30-24(26(20)25-19)22-9-6-14-29-22/h5-14,20,24H,3-4,15H2,1-2H3/t20-,24+/m1/s1. The minimum Gasteiger partial charge on any atom is -0.494 e. The van der Waals surface area contributed by atoms with E-state index in [9.17, 15) is 0 Å². The van der Waals surface area contributed by atoms with Crippen molar-refractivity contribution in [1.82, 2.24) is 5.01 Å². The highest BCUT2D eigenvalue weighted by molar-refractivity contribution is 6.02. The Morgan fingerprint density at radius 2 is 1.83 bits per heavy atom. The van der Waals surface area contributed by atoms with Crippen LogP contribution < -0.4 is 14.2 Å². The van der Waals surface area contributed by atoms with Crippen molar-refractivity contribution in [2.24, 2.45) is 5.10 Å². The van der Waals surface area contributed by atoms with E-state index in [0.717, 1.165) is 40.5 Å². The molecule has 0 fully saturated rings. The van der Waals surface area contributed by atoms with Gasteiger partial charge in [-0.2, -0.15) is 5.10 Å². The second-order valence-electron chi connectivity index (χ2n) is 7.20. The fourth-order valence-corrected chi connectivity index (χ4v) is 4.06. The monoisotopic (exact) mass is 404 g/mol. The van der Waals surface area contributed by atoms with Crippen LogP contribution in [0, 0.1) is 0 Å². The lowest BCUT2D eigenvalue weighted by atomic mass is 9.96. The van der Waals surface area contributed by atoms with Gasteiger partial charge in [-0.15, -0.1) is 0 Å². The van der Waals surface area contributed by atoms with Gasteiger partial charge in [-0.3, -0.25) is 0 Å². The third kappa shape index (κ3) is 3.18. The van der Waals surface area contributed by atoms with E-state index in [1.54, 1.807) is 6.26 Å². The van der Waals surface area contributed by atoms with Crippen molar-refractivity contribution in [3.8, 4) is 17.2 Å². The molecule has 6 heteroatoms. The molecule has 2 atom stereocenters. The predicted molar refractivity (Wildman–Crippen MR) is 113 cm³/mol. The van der Waals surface area contributed by atoms with Gasteiger partial charge in [0, 0.05) is 12.0 Å². The SMILES string of the molecule is CCOc1ccc(C2=NN3[C@H](C2)c2cccc(OCC)c2O[C@H]3c2ccco2)cc1. The lowest BCUT2D eigenvalue weighted by Gasteiger charge is -2.37. The van der Waals surface area contributed by atoms with E-state index in [1.165, 1.54) is 0 Å². The lowest BCUT2D eigenvalue weighted by Crippen LogP contribution is -2.33. The summed E-state index contributed by atoms with van der Waals surface area (Å²) in [5.41, 5.74) is 3.17. The molecular formula is C24H24N2O4. The Hall–Kier alpha value is -3.41. The summed E-state index contributed by atoms with van der Waals surface area (Å²) in [4.78, 5) is 0. The van der Waals surface area contributed by atoms with Crippen LogP contribution in [0.5, 0.6) is 17.2 Å². The number of fused-ring (bicyclic) bond motifs is 3. The number of hydrogen-bond acceptors (Lipinski definition) is 6. The maximum absolute atomic E-state index is 6.39. The summed E-state index contributed by atoms with van der Waals surface area (Å²) in [7, 11) is 0. The largest absolute Gasteiger partial charge is 0.494 e. The molecule has 0 amide bonds. The van der Waals surface area contributed by atoms with Crippen molar-refractivity contribution in [3.63, 3.8) is 0 Å². The summed E-state index contributed by atoms with van der Waals surface area (Å²) in [6.07, 6.45) is 1.99. The molecule has 5 rings (SSSR count). The van der Waals surface area contributed by atoms with Crippen molar-refractivity contribution < 1.29 is 18.6 Å². The average Bonchev–Trinajstić information content (AvgIpc) is 3.45. The summed E-state index contributed by atoms with van der Waals surface area (Å²) >= 11 is 0. The van der Waals surface area contributed by atoms with Crippen LogP contribution in [-0.2, 0) is 0 Å². The van der Waals surface area contributed by atoms with Crippen molar-refractivity contribution in [3.05, 3.63) is 77.7 Å². The van der Waals surface area contributed by atoms with Crippen LogP contribution in [0.25, 0.3) is 0 Å². The molecule has 0 bridgehead atoms. The predicted octanol–water partition coefficient (Wildman–Crippen LogP) is 5.32. The van der Waals surface area contributed by atoms with Gasteiger partial charge in [-0.05, 0) is 61.9 Å². The van der Waals surface area contributed by atoms with Crippen molar-refractivity contribution >= 4 is 5.71 Å². The number of nitrogens with zero attached hydrogens (tertiary/aromatic N) is 2. The first kappa shape index (κ1) is 18.6. The van der Waals surface area contributed by atoms with E-state index in [1.807, 2.05) is 55.3 Å². The lowest BCUT2D eigenvalue weighted by molar-refractivity contribution is -0.0344. The molecule has 0 saturated heterocycles. The fraction of sp³-hybridized carbons (Fsp3) is 0.292. The molecule has 0 radical (unpaired) electrons. The van der Waals surface area contributed by atoms with Crippen LogP contribution >= 0.6 is 0 Å². The number of hydrazone groups is 1. The highest BCUT2D eigenvalue weighted by Crippen LogP contribution is 2.50. The maximum Gasteiger partial charge on any atom is 0.246 e. The molecule has 30 heavy (non-hydrogen) atoms. The van der Waals surface area contributed by atoms with Gasteiger partial charge in [0.05, 0.1) is 31.2 Å². The number of furan rings is 1. The first-order valence-corrected chi connectivity index (χ1v) is 10.3. The Labute approximate surface area is 175 Å². The van der Waals surface area contributed by atoms with Gasteiger partial charge < -0.3 is 18.6 Å². The molecule has 2 aromatic carbocycles. The van der Waals surface area contributed by atoms with Gasteiger partial charge >= 0.3 is 0 Å². The highest BCUT2D eigenvalue weighted by atomic mass is 16.5. The van der Waals surface area contributed by atoms with E-state index in [-0.39, 0.29) is 6.04 Å². The second-order valence-corrected chi connectivity index (χ2v) is 7.20. The topological polar surface area (TPSA) is 56.4 Å². The molecule has 6 nitrogen and oxygen atoms in total. The Morgan fingerprint density at radius 1 is 1.00 bits per heavy atom. The molecule has 3 aromatic rings. The number of hydrogen-bond donors (Lipinski definition) is 0. The second kappa shape index (κ2) is 7.78. The van der Waals surface area contributed by atoms with E-state index in [2.05, 4.69) is 18.2 Å². The Morgan fingerprint density at radius 3 is 2.57 bits per heavy atom. The molecule has 3 heterocycles. The average molecular weight is 404 g/mol. The van der Waals surface area contributed by atoms with E-state index in [0.29, 0.717) is 19.0 Å². The highest BCUT2D eigenvalue weighted by Gasteiger charge is 2.43. The Balaban J connectivity index is 1.54. The van der Waals surface area contributed by atoms with Gasteiger partial charge in [0.2, 0.25) is 6.23 Å². The van der Waals surface area contributed by atoms with E-state index < -0.39 is 6.23 Å². The van der Waals surface area contributed by atoms with Crippen molar-refractivity contribution in [1.29, 1.82) is 0 Å². The summed E-state index contributed by atoms with van der Waals surface area (Å²) in [5, 5.41) is 6.95. The first-order valence-electron chi connectivity index (χ1n) is 10.3. The van der Waals surface area contributed by atoms with Gasteiger partial charge in [-0.1, -0.05) is 12.1 Å². The fourth-order valence-electron chi connectivity index (χ4n) is 4.06.